The van der Waals surface area contributed by atoms with Gasteiger partial charge in [0.1, 0.15) is 5.82 Å². The Morgan fingerprint density at radius 3 is 2.54 bits per heavy atom. The fourth-order valence-electron chi connectivity index (χ4n) is 2.91. The number of nitrogens with one attached hydrogen (secondary N) is 2. The second-order valence-electron chi connectivity index (χ2n) is 7.04. The van der Waals surface area contributed by atoms with Crippen LogP contribution in [0.5, 0.6) is 0 Å². The average Bonchev–Trinajstić information content (AvgIpc) is 3.16. The lowest BCUT2D eigenvalue weighted by Crippen LogP contribution is -2.18. The van der Waals surface area contributed by atoms with Gasteiger partial charge in [-0.05, 0) is 30.3 Å². The van der Waals surface area contributed by atoms with Crippen LogP contribution in [0, 0.1) is 0 Å². The molecule has 13 heteroatoms. The van der Waals surface area contributed by atoms with Crippen molar-refractivity contribution in [1.82, 2.24) is 14.8 Å². The molecular weight excluding hydrogens is 526 g/mol. The zero-order chi connectivity index (χ0) is 25.6. The third-order valence-corrected chi connectivity index (χ3v) is 6.24. The Morgan fingerprint density at radius 2 is 1.83 bits per heavy atom. The molecule has 0 saturated heterocycles. The first-order valence-corrected chi connectivity index (χ1v) is 11.7. The number of thioether (sulfide) groups is 1. The molecule has 0 radical (unpaired) electrons. The Balaban J connectivity index is 1.64. The van der Waals surface area contributed by atoms with Crippen LogP contribution >= 0.6 is 35.0 Å². The number of amides is 2. The molecule has 35 heavy (non-hydrogen) atoms. The molecule has 1 aromatic heterocycles. The molecule has 0 atom stereocenters. The van der Waals surface area contributed by atoms with Gasteiger partial charge in [0.15, 0.2) is 5.16 Å². The third kappa shape index (κ3) is 7.23. The summed E-state index contributed by atoms with van der Waals surface area (Å²) in [7, 11) is 0. The molecule has 0 fully saturated rings. The van der Waals surface area contributed by atoms with Gasteiger partial charge in [-0.1, -0.05) is 53.2 Å². The quantitative estimate of drug-likeness (QED) is 0.267. The van der Waals surface area contributed by atoms with Crippen molar-refractivity contribution in [3.63, 3.8) is 0 Å². The molecule has 2 N–H and O–H groups in total. The Bertz CT molecular complexity index is 1250. The minimum Gasteiger partial charge on any atom is -0.325 e. The number of benzene rings is 2. The smallest absolute Gasteiger partial charge is 0.325 e. The molecule has 2 aromatic carbocycles. The lowest BCUT2D eigenvalue weighted by molar-refractivity contribution is -0.137. The maximum absolute atomic E-state index is 12.9. The van der Waals surface area contributed by atoms with Crippen LogP contribution in [-0.2, 0) is 28.7 Å². The zero-order valence-corrected chi connectivity index (χ0v) is 20.2. The summed E-state index contributed by atoms with van der Waals surface area (Å²) >= 11 is 13.1. The van der Waals surface area contributed by atoms with Crippen LogP contribution in [0.1, 0.15) is 11.4 Å². The predicted molar refractivity (Wildman–Crippen MR) is 130 cm³/mol. The molecule has 0 bridgehead atoms. The van der Waals surface area contributed by atoms with Crippen molar-refractivity contribution in [2.24, 2.45) is 0 Å². The highest BCUT2D eigenvalue weighted by Crippen LogP contribution is 2.31. The largest absolute Gasteiger partial charge is 0.416 e. The van der Waals surface area contributed by atoms with E-state index in [-0.39, 0.29) is 29.4 Å². The first-order valence-electron chi connectivity index (χ1n) is 9.95. The van der Waals surface area contributed by atoms with Crippen molar-refractivity contribution in [3.8, 4) is 0 Å². The van der Waals surface area contributed by atoms with E-state index in [4.69, 9.17) is 23.2 Å². The normalized spacial score (nSPS) is 11.2. The van der Waals surface area contributed by atoms with Crippen molar-refractivity contribution < 1.29 is 22.8 Å². The minimum absolute atomic E-state index is 0.0232. The maximum atomic E-state index is 12.9. The van der Waals surface area contributed by atoms with E-state index in [0.29, 0.717) is 21.7 Å². The third-order valence-electron chi connectivity index (χ3n) is 4.46. The number of halogens is 5. The Hall–Kier alpha value is -3.02. The highest BCUT2D eigenvalue weighted by molar-refractivity contribution is 7.99. The van der Waals surface area contributed by atoms with Gasteiger partial charge in [0, 0.05) is 12.2 Å². The van der Waals surface area contributed by atoms with E-state index in [9.17, 15) is 22.8 Å². The first kappa shape index (κ1) is 26.6. The van der Waals surface area contributed by atoms with Gasteiger partial charge in [-0.15, -0.1) is 16.8 Å². The molecule has 0 aliphatic heterocycles. The second-order valence-corrected chi connectivity index (χ2v) is 8.77. The fourth-order valence-corrected chi connectivity index (χ4v) is 4.02. The number of allylic oxidation sites excluding steroid dienone is 1. The van der Waals surface area contributed by atoms with Crippen LogP contribution in [-0.4, -0.2) is 32.3 Å². The van der Waals surface area contributed by atoms with E-state index in [1.807, 2.05) is 0 Å². The van der Waals surface area contributed by atoms with Gasteiger partial charge < -0.3 is 15.2 Å². The van der Waals surface area contributed by atoms with Gasteiger partial charge in [-0.25, -0.2) is 0 Å². The molecule has 0 aliphatic rings. The van der Waals surface area contributed by atoms with Gasteiger partial charge in [-0.3, -0.25) is 9.59 Å². The minimum atomic E-state index is -4.52. The molecule has 2 amide bonds. The van der Waals surface area contributed by atoms with Gasteiger partial charge >= 0.3 is 6.18 Å². The number of carbonyl (C=O) groups excluding carboxylic acids is 2. The maximum Gasteiger partial charge on any atom is 0.416 e. The zero-order valence-electron chi connectivity index (χ0n) is 17.9. The molecule has 0 unspecified atom stereocenters. The SMILES string of the molecule is C=CCn1c(CC(=O)Nc2cccc(Cl)c2Cl)nnc1SCC(=O)Nc1cccc(C(F)(F)F)c1. The molecule has 3 rings (SSSR count). The Kier molecular flexibility index (Phi) is 8.82. The van der Waals surface area contributed by atoms with Crippen LogP contribution in [0.25, 0.3) is 0 Å². The van der Waals surface area contributed by atoms with Gasteiger partial charge in [0.05, 0.1) is 33.5 Å². The fraction of sp³-hybridized carbons (Fsp3) is 0.182. The average molecular weight is 544 g/mol. The van der Waals surface area contributed by atoms with E-state index >= 15 is 0 Å². The number of aromatic nitrogens is 3. The van der Waals surface area contributed by atoms with Crippen LogP contribution in [0.2, 0.25) is 10.0 Å². The number of hydrogen-bond acceptors (Lipinski definition) is 5. The van der Waals surface area contributed by atoms with Crippen molar-refractivity contribution in [2.75, 3.05) is 16.4 Å². The molecule has 1 heterocycles. The second kappa shape index (κ2) is 11.6. The number of anilines is 2. The van der Waals surface area contributed by atoms with Gasteiger partial charge in [0.2, 0.25) is 11.8 Å². The van der Waals surface area contributed by atoms with Crippen LogP contribution in [0.4, 0.5) is 24.5 Å². The summed E-state index contributed by atoms with van der Waals surface area (Å²) in [6.07, 6.45) is -3.08. The molecule has 0 saturated carbocycles. The van der Waals surface area contributed by atoms with Crippen molar-refractivity contribution in [1.29, 1.82) is 0 Å². The summed E-state index contributed by atoms with van der Waals surface area (Å²) in [6.45, 7) is 3.94. The summed E-state index contributed by atoms with van der Waals surface area (Å²) in [5.41, 5.74) is -0.495. The number of rotatable bonds is 9. The first-order chi connectivity index (χ1) is 16.6. The van der Waals surface area contributed by atoms with Gasteiger partial charge in [0.25, 0.3) is 0 Å². The predicted octanol–water partition coefficient (Wildman–Crippen LogP) is 5.70. The lowest BCUT2D eigenvalue weighted by atomic mass is 10.2. The molecule has 7 nitrogen and oxygen atoms in total. The summed E-state index contributed by atoms with van der Waals surface area (Å²) < 4.78 is 40.2. The molecule has 0 aliphatic carbocycles. The van der Waals surface area contributed by atoms with Crippen molar-refractivity contribution in [3.05, 3.63) is 76.6 Å². The van der Waals surface area contributed by atoms with E-state index in [1.165, 1.54) is 12.1 Å². The molecule has 184 valence electrons. The van der Waals surface area contributed by atoms with Crippen molar-refractivity contribution >= 4 is 58.2 Å². The number of carbonyl (C=O) groups is 2. The topological polar surface area (TPSA) is 88.9 Å². The van der Waals surface area contributed by atoms with Gasteiger partial charge in [-0.2, -0.15) is 13.2 Å². The van der Waals surface area contributed by atoms with E-state index in [2.05, 4.69) is 27.4 Å². The Morgan fingerprint density at radius 1 is 1.09 bits per heavy atom. The summed E-state index contributed by atoms with van der Waals surface area (Å²) in [4.78, 5) is 24.8. The van der Waals surface area contributed by atoms with E-state index in [0.717, 1.165) is 23.9 Å². The Labute approximate surface area is 212 Å². The summed E-state index contributed by atoms with van der Waals surface area (Å²) in [5.74, 6) is -0.764. The van der Waals surface area contributed by atoms with Crippen LogP contribution in [0.3, 0.4) is 0 Å². The standard InChI is InChI=1S/C22H18Cl2F3N5O2S/c1-2-9-32-17(11-18(33)29-16-8-4-7-15(23)20(16)24)30-31-21(32)35-12-19(34)28-14-6-3-5-13(10-14)22(25,26)27/h2-8,10H,1,9,11-12H2,(H,28,34)(H,29,33). The van der Waals surface area contributed by atoms with E-state index < -0.39 is 23.6 Å². The lowest BCUT2D eigenvalue weighted by Gasteiger charge is -2.11. The number of nitrogens with zero attached hydrogens (tertiary/aromatic N) is 3. The monoisotopic (exact) mass is 543 g/mol. The molecule has 0 spiro atoms. The number of hydrogen-bond donors (Lipinski definition) is 2. The molecule has 3 aromatic rings. The van der Waals surface area contributed by atoms with Crippen molar-refractivity contribution in [2.45, 2.75) is 24.3 Å². The van der Waals surface area contributed by atoms with E-state index in [1.54, 1.807) is 28.8 Å². The van der Waals surface area contributed by atoms with Crippen LogP contribution < -0.4 is 10.6 Å². The highest BCUT2D eigenvalue weighted by atomic mass is 35.5. The molecular formula is C22H18Cl2F3N5O2S. The number of alkyl halides is 3. The highest BCUT2D eigenvalue weighted by Gasteiger charge is 2.30. The summed E-state index contributed by atoms with van der Waals surface area (Å²) in [5, 5.41) is 14.0. The summed E-state index contributed by atoms with van der Waals surface area (Å²) in [6, 6.07) is 9.17. The van der Waals surface area contributed by atoms with Crippen LogP contribution in [0.15, 0.2) is 60.3 Å².